The minimum absolute atomic E-state index is 0.0551. The average molecular weight is 366 g/mol. The molecule has 0 N–H and O–H groups in total. The number of hydrogen-bond acceptors (Lipinski definition) is 7. The maximum atomic E-state index is 6.03. The van der Waals surface area contributed by atoms with Crippen molar-refractivity contribution in [2.45, 2.75) is 18.9 Å². The van der Waals surface area contributed by atoms with Crippen molar-refractivity contribution in [3.05, 3.63) is 42.9 Å². The third kappa shape index (κ3) is 3.69. The second-order valence-corrected chi connectivity index (χ2v) is 6.42. The van der Waals surface area contributed by atoms with E-state index in [1.165, 1.54) is 0 Å². The molecule has 0 spiro atoms. The molecule has 8 heteroatoms. The first kappa shape index (κ1) is 17.3. The maximum Gasteiger partial charge on any atom is 0.226 e. The van der Waals surface area contributed by atoms with Crippen molar-refractivity contribution in [1.29, 1.82) is 0 Å². The molecule has 140 valence electrons. The van der Waals surface area contributed by atoms with Crippen LogP contribution in [-0.4, -0.2) is 51.0 Å². The van der Waals surface area contributed by atoms with Gasteiger partial charge in [0, 0.05) is 32.1 Å². The molecule has 1 aliphatic heterocycles. The maximum absolute atomic E-state index is 6.03. The Hall–Kier alpha value is -3.16. The highest BCUT2D eigenvalue weighted by Crippen LogP contribution is 2.29. The zero-order valence-corrected chi connectivity index (χ0v) is 15.4. The van der Waals surface area contributed by atoms with Crippen LogP contribution in [0.5, 0.6) is 11.6 Å². The first-order chi connectivity index (χ1) is 13.2. The number of ether oxygens (including phenoxy) is 2. The molecule has 1 atom stereocenters. The van der Waals surface area contributed by atoms with E-state index in [2.05, 4.69) is 20.0 Å². The van der Waals surface area contributed by atoms with Gasteiger partial charge in [-0.05, 0) is 25.0 Å². The molecule has 4 heterocycles. The highest BCUT2D eigenvalue weighted by atomic mass is 16.5. The van der Waals surface area contributed by atoms with Gasteiger partial charge in [0.25, 0.3) is 0 Å². The van der Waals surface area contributed by atoms with Gasteiger partial charge in [0.2, 0.25) is 11.8 Å². The quantitative estimate of drug-likeness (QED) is 0.686. The van der Waals surface area contributed by atoms with Crippen LogP contribution in [0.4, 0.5) is 5.95 Å². The summed E-state index contributed by atoms with van der Waals surface area (Å²) in [4.78, 5) is 15.7. The van der Waals surface area contributed by atoms with Crippen LogP contribution in [0.3, 0.4) is 0 Å². The van der Waals surface area contributed by atoms with E-state index in [9.17, 15) is 0 Å². The molecule has 3 aromatic heterocycles. The summed E-state index contributed by atoms with van der Waals surface area (Å²) in [5.74, 6) is 1.94. The Morgan fingerprint density at radius 2 is 2.07 bits per heavy atom. The standard InChI is InChI=1S/C19H22N6O2/c1-24-15(8-10-22-24)18-16(26-2)12-21-19(23-18)25-11-5-6-14(13-25)27-17-7-3-4-9-20-17/h3-4,7-10,12,14H,5-6,11,13H2,1-2H3/t14-/m1/s1. The molecule has 0 aliphatic carbocycles. The zero-order chi connectivity index (χ0) is 18.6. The molecule has 4 rings (SSSR count). The minimum Gasteiger partial charge on any atom is -0.493 e. The van der Waals surface area contributed by atoms with Crippen molar-refractivity contribution in [3.8, 4) is 23.0 Å². The van der Waals surface area contributed by atoms with E-state index >= 15 is 0 Å². The van der Waals surface area contributed by atoms with Gasteiger partial charge in [-0.25, -0.2) is 15.0 Å². The van der Waals surface area contributed by atoms with Crippen molar-refractivity contribution in [2.75, 3.05) is 25.1 Å². The van der Waals surface area contributed by atoms with Crippen LogP contribution in [0, 0.1) is 0 Å². The molecule has 0 bridgehead atoms. The third-order valence-corrected chi connectivity index (χ3v) is 4.61. The molecule has 0 unspecified atom stereocenters. The fraction of sp³-hybridized carbons (Fsp3) is 0.368. The van der Waals surface area contributed by atoms with Gasteiger partial charge in [0.15, 0.2) is 5.75 Å². The highest BCUT2D eigenvalue weighted by Gasteiger charge is 2.25. The van der Waals surface area contributed by atoms with Gasteiger partial charge in [0.05, 0.1) is 25.5 Å². The van der Waals surface area contributed by atoms with Crippen LogP contribution in [0.1, 0.15) is 12.8 Å². The summed E-state index contributed by atoms with van der Waals surface area (Å²) < 4.78 is 13.3. The fourth-order valence-electron chi connectivity index (χ4n) is 3.26. The Labute approximate surface area is 157 Å². The van der Waals surface area contributed by atoms with Crippen LogP contribution in [-0.2, 0) is 7.05 Å². The molecule has 0 saturated carbocycles. The van der Waals surface area contributed by atoms with Gasteiger partial charge in [-0.3, -0.25) is 4.68 Å². The first-order valence-corrected chi connectivity index (χ1v) is 8.96. The lowest BCUT2D eigenvalue weighted by atomic mass is 10.1. The SMILES string of the molecule is COc1cnc(N2CCC[C@@H](Oc3ccccn3)C2)nc1-c1ccnn1C. The molecule has 0 radical (unpaired) electrons. The Kier molecular flexibility index (Phi) is 4.86. The molecule has 1 aliphatic rings. The summed E-state index contributed by atoms with van der Waals surface area (Å²) in [6.45, 7) is 1.60. The van der Waals surface area contributed by atoms with Gasteiger partial charge in [-0.1, -0.05) is 6.07 Å². The van der Waals surface area contributed by atoms with E-state index in [0.29, 0.717) is 24.1 Å². The van der Waals surface area contributed by atoms with Gasteiger partial charge in [-0.2, -0.15) is 5.10 Å². The number of anilines is 1. The molecule has 8 nitrogen and oxygen atoms in total. The first-order valence-electron chi connectivity index (χ1n) is 8.96. The zero-order valence-electron chi connectivity index (χ0n) is 15.4. The normalized spacial score (nSPS) is 17.0. The van der Waals surface area contributed by atoms with E-state index in [1.54, 1.807) is 30.4 Å². The Balaban J connectivity index is 1.56. The molecular weight excluding hydrogens is 344 g/mol. The van der Waals surface area contributed by atoms with Crippen LogP contribution in [0.2, 0.25) is 0 Å². The fourth-order valence-corrected chi connectivity index (χ4v) is 3.26. The second kappa shape index (κ2) is 7.61. The monoisotopic (exact) mass is 366 g/mol. The largest absolute Gasteiger partial charge is 0.493 e. The van der Waals surface area contributed by atoms with Crippen molar-refractivity contribution in [1.82, 2.24) is 24.7 Å². The number of aryl methyl sites for hydroxylation is 1. The Bertz CT molecular complexity index is 898. The number of pyridine rings is 1. The molecule has 0 aromatic carbocycles. The predicted molar refractivity (Wildman–Crippen MR) is 101 cm³/mol. The van der Waals surface area contributed by atoms with E-state index in [4.69, 9.17) is 14.5 Å². The van der Waals surface area contributed by atoms with Crippen molar-refractivity contribution in [3.63, 3.8) is 0 Å². The van der Waals surface area contributed by atoms with Crippen LogP contribution in [0.25, 0.3) is 11.4 Å². The lowest BCUT2D eigenvalue weighted by molar-refractivity contribution is 0.171. The number of aromatic nitrogens is 5. The molecule has 27 heavy (non-hydrogen) atoms. The third-order valence-electron chi connectivity index (χ3n) is 4.61. The topological polar surface area (TPSA) is 78.2 Å². The van der Waals surface area contributed by atoms with Gasteiger partial charge >= 0.3 is 0 Å². The van der Waals surface area contributed by atoms with Crippen molar-refractivity contribution < 1.29 is 9.47 Å². The number of nitrogens with zero attached hydrogens (tertiary/aromatic N) is 6. The van der Waals surface area contributed by atoms with Crippen LogP contribution < -0.4 is 14.4 Å². The number of hydrogen-bond donors (Lipinski definition) is 0. The summed E-state index contributed by atoms with van der Waals surface area (Å²) in [5, 5.41) is 4.23. The van der Waals surface area contributed by atoms with E-state index < -0.39 is 0 Å². The van der Waals surface area contributed by atoms with E-state index in [0.717, 1.165) is 30.8 Å². The van der Waals surface area contributed by atoms with Crippen LogP contribution in [0.15, 0.2) is 42.9 Å². The lowest BCUT2D eigenvalue weighted by Crippen LogP contribution is -2.42. The molecule has 1 fully saturated rings. The summed E-state index contributed by atoms with van der Waals surface area (Å²) in [6.07, 6.45) is 7.25. The Morgan fingerprint density at radius 3 is 2.81 bits per heavy atom. The molecule has 0 amide bonds. The summed E-state index contributed by atoms with van der Waals surface area (Å²) >= 11 is 0. The summed E-state index contributed by atoms with van der Waals surface area (Å²) in [6, 6.07) is 7.60. The van der Waals surface area contributed by atoms with E-state index in [1.807, 2.05) is 31.3 Å². The van der Waals surface area contributed by atoms with Crippen molar-refractivity contribution in [2.24, 2.45) is 7.05 Å². The minimum atomic E-state index is 0.0551. The van der Waals surface area contributed by atoms with Crippen LogP contribution >= 0.6 is 0 Å². The number of methoxy groups -OCH3 is 1. The molecule has 3 aromatic rings. The predicted octanol–water partition coefficient (Wildman–Crippen LogP) is 2.33. The van der Waals surface area contributed by atoms with E-state index in [-0.39, 0.29) is 6.10 Å². The second-order valence-electron chi connectivity index (χ2n) is 6.42. The van der Waals surface area contributed by atoms with Gasteiger partial charge < -0.3 is 14.4 Å². The number of piperidine rings is 1. The summed E-state index contributed by atoms with van der Waals surface area (Å²) in [7, 11) is 3.50. The van der Waals surface area contributed by atoms with Gasteiger partial charge in [-0.15, -0.1) is 0 Å². The summed E-state index contributed by atoms with van der Waals surface area (Å²) in [5.41, 5.74) is 1.61. The van der Waals surface area contributed by atoms with Crippen molar-refractivity contribution >= 4 is 5.95 Å². The lowest BCUT2D eigenvalue weighted by Gasteiger charge is -2.32. The Morgan fingerprint density at radius 1 is 1.15 bits per heavy atom. The van der Waals surface area contributed by atoms with Gasteiger partial charge in [0.1, 0.15) is 11.8 Å². The highest BCUT2D eigenvalue weighted by molar-refractivity contribution is 5.63. The average Bonchev–Trinajstić information content (AvgIpc) is 3.14. The number of rotatable bonds is 5. The smallest absolute Gasteiger partial charge is 0.226 e. The molecular formula is C19H22N6O2. The molecule has 1 saturated heterocycles.